The van der Waals surface area contributed by atoms with Crippen LogP contribution in [0, 0.1) is 29.6 Å². The first-order valence-corrected chi connectivity index (χ1v) is 9.00. The van der Waals surface area contributed by atoms with E-state index in [1.807, 2.05) is 6.07 Å². The highest BCUT2D eigenvalue weighted by atomic mass is 16.1. The van der Waals surface area contributed by atoms with Crippen LogP contribution >= 0.6 is 0 Å². The van der Waals surface area contributed by atoms with Crippen molar-refractivity contribution in [2.45, 2.75) is 18.8 Å². The Balaban J connectivity index is 2.05. The Bertz CT molecular complexity index is 1140. The van der Waals surface area contributed by atoms with E-state index in [0.717, 1.165) is 4.68 Å². The van der Waals surface area contributed by atoms with Crippen LogP contribution in [0.15, 0.2) is 65.8 Å². The zero-order valence-electron chi connectivity index (χ0n) is 16.1. The zero-order valence-corrected chi connectivity index (χ0v) is 16.1. The molecule has 2 atom stereocenters. The van der Waals surface area contributed by atoms with E-state index in [-0.39, 0.29) is 11.7 Å². The molecule has 0 bridgehead atoms. The third-order valence-electron chi connectivity index (χ3n) is 4.45. The molecule has 0 saturated carbocycles. The third kappa shape index (κ3) is 4.16. The van der Waals surface area contributed by atoms with Gasteiger partial charge in [-0.25, -0.2) is 10.1 Å². The minimum absolute atomic E-state index is 0.0933. The van der Waals surface area contributed by atoms with E-state index in [9.17, 15) is 15.3 Å². The molecule has 0 aliphatic carbocycles. The van der Waals surface area contributed by atoms with Crippen molar-refractivity contribution >= 4 is 17.4 Å². The summed E-state index contributed by atoms with van der Waals surface area (Å²) in [6.45, 7) is 1.65. The number of nitrogens with two attached hydrogens (primary N) is 1. The average Bonchev–Trinajstić information content (AvgIpc) is 3.10. The molecule has 1 heterocycles. The number of aromatic nitrogens is 3. The maximum absolute atomic E-state index is 13.3. The molecule has 3 N–H and O–H groups in total. The molecule has 0 fully saturated rings. The van der Waals surface area contributed by atoms with E-state index in [2.05, 4.69) is 26.8 Å². The number of nitrogens with zero attached hydrogens (tertiary/aromatic N) is 6. The van der Waals surface area contributed by atoms with Crippen LogP contribution < -0.4 is 11.3 Å². The second-order valence-corrected chi connectivity index (χ2v) is 6.36. The lowest BCUT2D eigenvalue weighted by atomic mass is 9.86. The van der Waals surface area contributed by atoms with Gasteiger partial charge in [0.2, 0.25) is 5.78 Å². The fraction of sp³-hybridized carbons (Fsp3) is 0.143. The number of hydrogen-bond donors (Lipinski definition) is 2. The van der Waals surface area contributed by atoms with Crippen LogP contribution in [-0.2, 0) is 4.79 Å². The second-order valence-electron chi connectivity index (χ2n) is 6.36. The SMILES string of the molecule is Cc1nnc(N/N=C(\C(=O)C(C#N)c2ccccc2)C(C#N)c2ccccc2)n1N. The quantitative estimate of drug-likeness (QED) is 0.352. The van der Waals surface area contributed by atoms with E-state index < -0.39 is 17.6 Å². The number of carbonyl (C=O) groups excluding carboxylic acids is 1. The molecule has 30 heavy (non-hydrogen) atoms. The Morgan fingerprint density at radius 1 is 1.00 bits per heavy atom. The number of hydrogen-bond acceptors (Lipinski definition) is 8. The summed E-state index contributed by atoms with van der Waals surface area (Å²) < 4.78 is 1.16. The van der Waals surface area contributed by atoms with E-state index >= 15 is 0 Å². The van der Waals surface area contributed by atoms with Crippen molar-refractivity contribution in [3.8, 4) is 12.1 Å². The van der Waals surface area contributed by atoms with E-state index in [4.69, 9.17) is 5.84 Å². The standard InChI is InChI=1S/C21H18N8O/c1-14-25-27-21(29(14)24)28-26-19(17(12-22)15-8-4-2-5-9-15)20(30)18(13-23)16-10-6-3-7-11-16/h2-11,17-18H,24H2,1H3,(H,27,28)/b26-19-. The molecule has 2 unspecified atom stereocenters. The molecule has 1 aromatic heterocycles. The van der Waals surface area contributed by atoms with Gasteiger partial charge in [-0.05, 0) is 18.1 Å². The van der Waals surface area contributed by atoms with Crippen LogP contribution in [0.4, 0.5) is 5.95 Å². The summed E-state index contributed by atoms with van der Waals surface area (Å²) >= 11 is 0. The molecular weight excluding hydrogens is 380 g/mol. The summed E-state index contributed by atoms with van der Waals surface area (Å²) in [5.41, 5.74) is 3.56. The lowest BCUT2D eigenvalue weighted by molar-refractivity contribution is -0.113. The summed E-state index contributed by atoms with van der Waals surface area (Å²) in [4.78, 5) is 13.3. The summed E-state index contributed by atoms with van der Waals surface area (Å²) in [5.74, 6) is 3.63. The van der Waals surface area contributed by atoms with Crippen molar-refractivity contribution in [2.75, 3.05) is 11.3 Å². The van der Waals surface area contributed by atoms with Gasteiger partial charge in [0, 0.05) is 0 Å². The highest BCUT2D eigenvalue weighted by molar-refractivity contribution is 6.45. The largest absolute Gasteiger partial charge is 0.335 e. The molecular formula is C21H18N8O. The van der Waals surface area contributed by atoms with Crippen LogP contribution in [0.5, 0.6) is 0 Å². The molecule has 2 aromatic carbocycles. The number of rotatable bonds is 7. The number of hydrazone groups is 1. The summed E-state index contributed by atoms with van der Waals surface area (Å²) in [6.07, 6.45) is 0. The van der Waals surface area contributed by atoms with Crippen LogP contribution in [0.3, 0.4) is 0 Å². The number of nitriles is 2. The minimum atomic E-state index is -1.12. The van der Waals surface area contributed by atoms with E-state index in [1.165, 1.54) is 0 Å². The number of benzene rings is 2. The van der Waals surface area contributed by atoms with Gasteiger partial charge in [0.05, 0.1) is 12.1 Å². The molecule has 148 valence electrons. The first kappa shape index (κ1) is 20.2. The Morgan fingerprint density at radius 2 is 1.53 bits per heavy atom. The van der Waals surface area contributed by atoms with Crippen LogP contribution in [0.1, 0.15) is 28.8 Å². The maximum Gasteiger partial charge on any atom is 0.263 e. The molecule has 0 aliphatic rings. The first-order chi connectivity index (χ1) is 14.6. The Hall–Kier alpha value is -4.50. The maximum atomic E-state index is 13.3. The predicted molar refractivity (Wildman–Crippen MR) is 111 cm³/mol. The normalized spacial score (nSPS) is 13.0. The van der Waals surface area contributed by atoms with Crippen molar-refractivity contribution in [3.63, 3.8) is 0 Å². The smallest absolute Gasteiger partial charge is 0.263 e. The van der Waals surface area contributed by atoms with Crippen LogP contribution in [0.25, 0.3) is 0 Å². The number of ketones is 1. The molecule has 0 aliphatic heterocycles. The molecule has 9 heteroatoms. The number of Topliss-reactive ketones (excluding diaryl/α,β-unsaturated/α-hetero) is 1. The molecule has 0 spiro atoms. The second kappa shape index (κ2) is 9.13. The van der Waals surface area contributed by atoms with Gasteiger partial charge in [-0.3, -0.25) is 4.79 Å². The van der Waals surface area contributed by atoms with Gasteiger partial charge in [0.25, 0.3) is 5.95 Å². The van der Waals surface area contributed by atoms with Crippen molar-refractivity contribution in [2.24, 2.45) is 5.10 Å². The van der Waals surface area contributed by atoms with Crippen molar-refractivity contribution in [3.05, 3.63) is 77.6 Å². The topological polar surface area (TPSA) is 146 Å². The Labute approximate surface area is 173 Å². The van der Waals surface area contributed by atoms with Crippen LogP contribution in [-0.4, -0.2) is 26.4 Å². The highest BCUT2D eigenvalue weighted by Gasteiger charge is 2.32. The number of aryl methyl sites for hydroxylation is 1. The summed E-state index contributed by atoms with van der Waals surface area (Å²) in [7, 11) is 0. The van der Waals surface area contributed by atoms with Gasteiger partial charge < -0.3 is 5.84 Å². The first-order valence-electron chi connectivity index (χ1n) is 9.00. The fourth-order valence-corrected chi connectivity index (χ4v) is 2.83. The average molecular weight is 398 g/mol. The molecule has 0 radical (unpaired) electrons. The van der Waals surface area contributed by atoms with Gasteiger partial charge in [-0.15, -0.1) is 10.2 Å². The summed E-state index contributed by atoms with van der Waals surface area (Å²) in [6, 6.07) is 21.5. The lowest BCUT2D eigenvalue weighted by Crippen LogP contribution is -2.28. The molecule has 3 rings (SSSR count). The van der Waals surface area contributed by atoms with Crippen molar-refractivity contribution in [1.82, 2.24) is 14.9 Å². The molecule has 0 amide bonds. The molecule has 0 saturated heterocycles. The summed E-state index contributed by atoms with van der Waals surface area (Å²) in [5, 5.41) is 31.3. The zero-order chi connectivity index (χ0) is 21.5. The van der Waals surface area contributed by atoms with E-state index in [0.29, 0.717) is 17.0 Å². The van der Waals surface area contributed by atoms with Gasteiger partial charge in [0.1, 0.15) is 17.5 Å². The van der Waals surface area contributed by atoms with Gasteiger partial charge in [0.15, 0.2) is 5.82 Å². The van der Waals surface area contributed by atoms with Crippen LogP contribution in [0.2, 0.25) is 0 Å². The van der Waals surface area contributed by atoms with Crippen molar-refractivity contribution < 1.29 is 4.79 Å². The van der Waals surface area contributed by atoms with E-state index in [1.54, 1.807) is 67.6 Å². The highest BCUT2D eigenvalue weighted by Crippen LogP contribution is 2.24. The lowest BCUT2D eigenvalue weighted by Gasteiger charge is -2.15. The van der Waals surface area contributed by atoms with Crippen molar-refractivity contribution in [1.29, 1.82) is 10.5 Å². The number of nitrogen functional groups attached to an aromatic ring is 1. The number of anilines is 1. The minimum Gasteiger partial charge on any atom is -0.335 e. The van der Waals surface area contributed by atoms with Gasteiger partial charge >= 0.3 is 0 Å². The number of carbonyl (C=O) groups is 1. The monoisotopic (exact) mass is 398 g/mol. The molecule has 9 nitrogen and oxygen atoms in total. The van der Waals surface area contributed by atoms with Gasteiger partial charge in [-0.2, -0.15) is 15.6 Å². The third-order valence-corrected chi connectivity index (χ3v) is 4.45. The number of nitrogens with one attached hydrogen (secondary N) is 1. The van der Waals surface area contributed by atoms with Gasteiger partial charge in [-0.1, -0.05) is 60.7 Å². The fourth-order valence-electron chi connectivity index (χ4n) is 2.83. The molecule has 3 aromatic rings. The predicted octanol–water partition coefficient (Wildman–Crippen LogP) is 2.25. The Morgan fingerprint density at radius 3 is 2.00 bits per heavy atom. The Kier molecular flexibility index (Phi) is 6.16.